The lowest BCUT2D eigenvalue weighted by Crippen LogP contribution is -2.24. The SMILES string of the molecule is CN(C)CCOc1ccc(CNC(=O)c2nn(-c3ccccc3)c3c2CCC3)cc1. The normalized spacial score (nSPS) is 12.8. The lowest BCUT2D eigenvalue weighted by Gasteiger charge is -2.11. The molecule has 0 atom stereocenters. The highest BCUT2D eigenvalue weighted by molar-refractivity contribution is 5.94. The molecular weight excluding hydrogens is 376 g/mol. The number of ether oxygens (including phenoxy) is 1. The van der Waals surface area contributed by atoms with Crippen LogP contribution in [0.3, 0.4) is 0 Å². The zero-order valence-electron chi connectivity index (χ0n) is 17.6. The van der Waals surface area contributed by atoms with Gasteiger partial charge in [-0.25, -0.2) is 4.68 Å². The molecule has 0 saturated heterocycles. The molecule has 0 aliphatic heterocycles. The summed E-state index contributed by atoms with van der Waals surface area (Å²) in [5.74, 6) is 0.723. The van der Waals surface area contributed by atoms with Gasteiger partial charge in [-0.3, -0.25) is 4.79 Å². The van der Waals surface area contributed by atoms with E-state index < -0.39 is 0 Å². The molecule has 1 N–H and O–H groups in total. The van der Waals surface area contributed by atoms with E-state index in [1.165, 1.54) is 0 Å². The summed E-state index contributed by atoms with van der Waals surface area (Å²) in [6, 6.07) is 17.9. The van der Waals surface area contributed by atoms with E-state index >= 15 is 0 Å². The fourth-order valence-corrected chi connectivity index (χ4v) is 3.72. The zero-order chi connectivity index (χ0) is 20.9. The third-order valence-electron chi connectivity index (χ3n) is 5.33. The number of likely N-dealkylation sites (N-methyl/N-ethyl adjacent to an activating group) is 1. The number of amides is 1. The summed E-state index contributed by atoms with van der Waals surface area (Å²) >= 11 is 0. The van der Waals surface area contributed by atoms with Gasteiger partial charge in [0.25, 0.3) is 5.91 Å². The second kappa shape index (κ2) is 9.13. The minimum absolute atomic E-state index is 0.117. The summed E-state index contributed by atoms with van der Waals surface area (Å²) in [5.41, 5.74) is 4.82. The van der Waals surface area contributed by atoms with Gasteiger partial charge in [0.15, 0.2) is 5.69 Å². The molecule has 1 heterocycles. The van der Waals surface area contributed by atoms with Crippen LogP contribution in [0.5, 0.6) is 5.75 Å². The van der Waals surface area contributed by atoms with Gasteiger partial charge < -0.3 is 15.0 Å². The van der Waals surface area contributed by atoms with Crippen molar-refractivity contribution in [2.75, 3.05) is 27.2 Å². The lowest BCUT2D eigenvalue weighted by molar-refractivity contribution is 0.0944. The molecule has 1 aromatic heterocycles. The molecule has 30 heavy (non-hydrogen) atoms. The van der Waals surface area contributed by atoms with Crippen LogP contribution in [0, 0.1) is 0 Å². The van der Waals surface area contributed by atoms with Crippen LogP contribution < -0.4 is 10.1 Å². The molecule has 156 valence electrons. The maximum absolute atomic E-state index is 12.9. The van der Waals surface area contributed by atoms with Crippen molar-refractivity contribution >= 4 is 5.91 Å². The van der Waals surface area contributed by atoms with Crippen LogP contribution in [0.15, 0.2) is 54.6 Å². The van der Waals surface area contributed by atoms with Gasteiger partial charge in [0.1, 0.15) is 12.4 Å². The molecule has 2 aromatic carbocycles. The van der Waals surface area contributed by atoms with Gasteiger partial charge in [0.05, 0.1) is 5.69 Å². The summed E-state index contributed by atoms with van der Waals surface area (Å²) in [5, 5.41) is 7.68. The van der Waals surface area contributed by atoms with E-state index in [9.17, 15) is 4.79 Å². The Labute approximate surface area is 177 Å². The molecule has 0 radical (unpaired) electrons. The first kappa shape index (κ1) is 20.2. The van der Waals surface area contributed by atoms with Crippen LogP contribution in [-0.2, 0) is 19.4 Å². The number of benzene rings is 2. The van der Waals surface area contributed by atoms with Gasteiger partial charge in [-0.15, -0.1) is 0 Å². The molecule has 0 fully saturated rings. The Balaban J connectivity index is 1.40. The Kier molecular flexibility index (Phi) is 6.14. The average Bonchev–Trinajstić information content (AvgIpc) is 3.36. The van der Waals surface area contributed by atoms with Crippen LogP contribution in [0.2, 0.25) is 0 Å². The minimum atomic E-state index is -0.117. The van der Waals surface area contributed by atoms with E-state index in [4.69, 9.17) is 4.74 Å². The maximum atomic E-state index is 12.9. The molecule has 3 aromatic rings. The van der Waals surface area contributed by atoms with E-state index in [1.54, 1.807) is 0 Å². The molecule has 0 bridgehead atoms. The van der Waals surface area contributed by atoms with E-state index in [0.29, 0.717) is 18.8 Å². The molecule has 0 spiro atoms. The summed E-state index contributed by atoms with van der Waals surface area (Å²) in [6.45, 7) is 1.99. The predicted molar refractivity (Wildman–Crippen MR) is 117 cm³/mol. The second-order valence-electron chi connectivity index (χ2n) is 7.85. The van der Waals surface area contributed by atoms with E-state index in [0.717, 1.165) is 54.1 Å². The largest absolute Gasteiger partial charge is 0.492 e. The highest BCUT2D eigenvalue weighted by Crippen LogP contribution is 2.27. The van der Waals surface area contributed by atoms with Gasteiger partial charge in [0, 0.05) is 24.3 Å². The number of nitrogens with zero attached hydrogens (tertiary/aromatic N) is 3. The van der Waals surface area contributed by atoms with Crippen molar-refractivity contribution in [3.05, 3.63) is 77.1 Å². The van der Waals surface area contributed by atoms with Gasteiger partial charge in [-0.1, -0.05) is 30.3 Å². The molecular formula is C24H28N4O2. The molecule has 6 nitrogen and oxygen atoms in total. The number of hydrogen-bond donors (Lipinski definition) is 1. The number of carbonyl (C=O) groups is 1. The molecule has 6 heteroatoms. The van der Waals surface area contributed by atoms with Crippen molar-refractivity contribution in [1.29, 1.82) is 0 Å². The van der Waals surface area contributed by atoms with Crippen LogP contribution >= 0.6 is 0 Å². The Morgan fingerprint density at radius 3 is 2.60 bits per heavy atom. The van der Waals surface area contributed by atoms with Crippen molar-refractivity contribution in [2.24, 2.45) is 0 Å². The van der Waals surface area contributed by atoms with Crippen LogP contribution in [0.4, 0.5) is 0 Å². The first-order chi connectivity index (χ1) is 14.6. The number of hydrogen-bond acceptors (Lipinski definition) is 4. The van der Waals surface area contributed by atoms with Gasteiger partial charge >= 0.3 is 0 Å². The number of rotatable bonds is 8. The highest BCUT2D eigenvalue weighted by atomic mass is 16.5. The van der Waals surface area contributed by atoms with Crippen LogP contribution in [-0.4, -0.2) is 47.8 Å². The summed E-state index contributed by atoms with van der Waals surface area (Å²) < 4.78 is 7.65. The standard InChI is InChI=1S/C24H28N4O2/c1-27(2)15-16-30-20-13-11-18(12-14-20)17-25-24(29)23-21-9-6-10-22(21)28(26-23)19-7-4-3-5-8-19/h3-5,7-8,11-14H,6,9-10,15-17H2,1-2H3,(H,25,29). The first-order valence-electron chi connectivity index (χ1n) is 10.4. The topological polar surface area (TPSA) is 59.4 Å². The van der Waals surface area contributed by atoms with Gasteiger partial charge in [-0.05, 0) is 63.2 Å². The minimum Gasteiger partial charge on any atom is -0.492 e. The number of nitrogens with one attached hydrogen (secondary N) is 1. The summed E-state index contributed by atoms with van der Waals surface area (Å²) in [6.07, 6.45) is 2.93. The predicted octanol–water partition coefficient (Wildman–Crippen LogP) is 3.23. The third-order valence-corrected chi connectivity index (χ3v) is 5.33. The van der Waals surface area contributed by atoms with Crippen molar-refractivity contribution in [1.82, 2.24) is 20.0 Å². The molecule has 1 aliphatic rings. The van der Waals surface area contributed by atoms with E-state index in [2.05, 4.69) is 15.3 Å². The Morgan fingerprint density at radius 2 is 1.87 bits per heavy atom. The molecule has 1 amide bonds. The smallest absolute Gasteiger partial charge is 0.272 e. The first-order valence-corrected chi connectivity index (χ1v) is 10.4. The number of fused-ring (bicyclic) bond motifs is 1. The summed E-state index contributed by atoms with van der Waals surface area (Å²) in [7, 11) is 4.04. The number of para-hydroxylation sites is 1. The average molecular weight is 405 g/mol. The zero-order valence-corrected chi connectivity index (χ0v) is 17.6. The maximum Gasteiger partial charge on any atom is 0.272 e. The Hall–Kier alpha value is -3.12. The van der Waals surface area contributed by atoms with Gasteiger partial charge in [-0.2, -0.15) is 5.10 Å². The quantitative estimate of drug-likeness (QED) is 0.626. The van der Waals surface area contributed by atoms with Gasteiger partial charge in [0.2, 0.25) is 0 Å². The van der Waals surface area contributed by atoms with Crippen molar-refractivity contribution < 1.29 is 9.53 Å². The third kappa shape index (κ3) is 4.54. The molecule has 0 unspecified atom stereocenters. The molecule has 0 saturated carbocycles. The fourth-order valence-electron chi connectivity index (χ4n) is 3.72. The van der Waals surface area contributed by atoms with E-state index in [-0.39, 0.29) is 5.91 Å². The monoisotopic (exact) mass is 404 g/mol. The highest BCUT2D eigenvalue weighted by Gasteiger charge is 2.26. The van der Waals surface area contributed by atoms with Crippen LogP contribution in [0.25, 0.3) is 5.69 Å². The second-order valence-corrected chi connectivity index (χ2v) is 7.85. The number of carbonyl (C=O) groups excluding carboxylic acids is 1. The fraction of sp³-hybridized carbons (Fsp3) is 0.333. The molecule has 4 rings (SSSR count). The summed E-state index contributed by atoms with van der Waals surface area (Å²) in [4.78, 5) is 15.0. The van der Waals surface area contributed by atoms with Crippen molar-refractivity contribution in [2.45, 2.75) is 25.8 Å². The number of aromatic nitrogens is 2. The lowest BCUT2D eigenvalue weighted by atomic mass is 10.1. The Bertz CT molecular complexity index is 994. The Morgan fingerprint density at radius 1 is 1.10 bits per heavy atom. The van der Waals surface area contributed by atoms with Crippen molar-refractivity contribution in [3.63, 3.8) is 0 Å². The van der Waals surface area contributed by atoms with Crippen molar-refractivity contribution in [3.8, 4) is 11.4 Å². The van der Waals surface area contributed by atoms with Crippen LogP contribution in [0.1, 0.15) is 33.7 Å². The molecule has 1 aliphatic carbocycles. The van der Waals surface area contributed by atoms with E-state index in [1.807, 2.05) is 73.4 Å².